The number of allylic oxidation sites excluding steroid dienone is 2. The fraction of sp³-hybridized carbons (Fsp3) is 0.0435. The molecule has 0 saturated carbocycles. The second-order valence-corrected chi connectivity index (χ2v) is 13.5. The fourth-order valence-corrected chi connectivity index (χ4v) is 7.86. The van der Waals surface area contributed by atoms with Crippen LogP contribution in [0.5, 0.6) is 0 Å². The van der Waals surface area contributed by atoms with Crippen LogP contribution >= 0.6 is 0 Å². The van der Waals surface area contributed by atoms with E-state index < -0.39 is 23.5 Å². The van der Waals surface area contributed by atoms with Crippen molar-refractivity contribution in [1.29, 1.82) is 21.0 Å². The van der Waals surface area contributed by atoms with E-state index in [-0.39, 0.29) is 11.1 Å². The quantitative estimate of drug-likeness (QED) is 0.129. The Morgan fingerprint density at radius 2 is 0.719 bits per heavy atom. The fourth-order valence-electron chi connectivity index (χ4n) is 7.86. The second-order valence-electron chi connectivity index (χ2n) is 13.5. The number of rotatable bonds is 2. The predicted octanol–water partition coefficient (Wildman–Crippen LogP) is 12.6. The predicted molar refractivity (Wildman–Crippen MR) is 200 cm³/mol. The van der Waals surface area contributed by atoms with Gasteiger partial charge >= 0.3 is 12.4 Å². The van der Waals surface area contributed by atoms with Gasteiger partial charge in [0.2, 0.25) is 0 Å². The number of nitriles is 4. The van der Waals surface area contributed by atoms with E-state index in [1.54, 1.807) is 36.4 Å². The maximum Gasteiger partial charge on any atom is 0.416 e. The lowest BCUT2D eigenvalue weighted by atomic mass is 9.94. The van der Waals surface area contributed by atoms with E-state index in [0.717, 1.165) is 24.3 Å². The van der Waals surface area contributed by atoms with Crippen molar-refractivity contribution in [2.24, 2.45) is 0 Å². The van der Waals surface area contributed by atoms with E-state index in [1.165, 1.54) is 24.3 Å². The number of fused-ring (bicyclic) bond motifs is 9. The molecule has 270 valence electrons. The van der Waals surface area contributed by atoms with Crippen molar-refractivity contribution < 1.29 is 30.8 Å². The van der Waals surface area contributed by atoms with Gasteiger partial charge in [0.15, 0.2) is 0 Å². The highest BCUT2D eigenvalue weighted by molar-refractivity contribution is 6.16. The van der Waals surface area contributed by atoms with Gasteiger partial charge in [0, 0.05) is 21.9 Å². The average Bonchev–Trinajstić information content (AvgIpc) is 3.83. The van der Waals surface area contributed by atoms with Crippen LogP contribution in [0.25, 0.3) is 77.6 Å². The van der Waals surface area contributed by atoms with Gasteiger partial charge in [0.05, 0.1) is 11.1 Å². The van der Waals surface area contributed by atoms with Gasteiger partial charge in [-0.1, -0.05) is 48.5 Å². The van der Waals surface area contributed by atoms with E-state index in [1.807, 2.05) is 48.5 Å². The SMILES string of the molecule is N#CC(C#N)=C1c2cc(-c3ccc(C(F)(F)F)cc3)ccc2-c2cc3oc4cc5c(cc4c3cc21)C(=C(C#N)C#N)c1cc(-c2ccc(C(F)(F)F)cc2)ccc1-5. The zero-order valence-electron chi connectivity index (χ0n) is 28.9. The van der Waals surface area contributed by atoms with Crippen LogP contribution in [0.1, 0.15) is 33.4 Å². The average molecular weight is 757 g/mol. The molecule has 0 unspecified atom stereocenters. The lowest BCUT2D eigenvalue weighted by Crippen LogP contribution is -2.04. The topological polar surface area (TPSA) is 108 Å². The summed E-state index contributed by atoms with van der Waals surface area (Å²) < 4.78 is 86.0. The standard InChI is InChI=1S/C46H18F6N4O/c47-45(48,49)29-7-1-23(2-8-29)25-5-11-31-33-17-41-35(15-39(33)43(37(31)13-25)27(19-53)20-54)36-16-40-34(18-42(36)57-41)32-12-6-26(14-38(32)44(40)28(21-55)22-56)24-3-9-30(10-4-24)46(50,51)52/h1-18H. The lowest BCUT2D eigenvalue weighted by molar-refractivity contribution is -0.138. The molecule has 2 aliphatic carbocycles. The van der Waals surface area contributed by atoms with Crippen molar-refractivity contribution in [3.63, 3.8) is 0 Å². The summed E-state index contributed by atoms with van der Waals surface area (Å²) in [4.78, 5) is 0. The summed E-state index contributed by atoms with van der Waals surface area (Å²) in [6.45, 7) is 0. The number of furan rings is 1. The first-order valence-corrected chi connectivity index (χ1v) is 17.1. The molecule has 0 amide bonds. The number of hydrogen-bond acceptors (Lipinski definition) is 5. The number of hydrogen-bond donors (Lipinski definition) is 0. The molecule has 0 aliphatic heterocycles. The van der Waals surface area contributed by atoms with Crippen LogP contribution in [0, 0.1) is 45.3 Å². The van der Waals surface area contributed by atoms with Crippen molar-refractivity contribution >= 4 is 33.1 Å². The Hall–Kier alpha value is -7.86. The first-order chi connectivity index (χ1) is 27.3. The molecular formula is C46H18F6N4O. The van der Waals surface area contributed by atoms with Crippen molar-refractivity contribution in [1.82, 2.24) is 0 Å². The zero-order valence-corrected chi connectivity index (χ0v) is 28.9. The summed E-state index contributed by atoms with van der Waals surface area (Å²) in [5.74, 6) is 0. The van der Waals surface area contributed by atoms with Crippen molar-refractivity contribution in [2.75, 3.05) is 0 Å². The summed E-state index contributed by atoms with van der Waals surface area (Å²) >= 11 is 0. The van der Waals surface area contributed by atoms with Crippen LogP contribution in [0.4, 0.5) is 26.3 Å². The Kier molecular flexibility index (Phi) is 7.55. The van der Waals surface area contributed by atoms with Gasteiger partial charge in [-0.05, 0) is 127 Å². The molecule has 0 saturated heterocycles. The highest BCUT2D eigenvalue weighted by atomic mass is 19.4. The summed E-state index contributed by atoms with van der Waals surface area (Å²) in [6, 6.07) is 35.2. The smallest absolute Gasteiger partial charge is 0.416 e. The first kappa shape index (κ1) is 34.9. The number of halogens is 6. The zero-order chi connectivity index (χ0) is 40.0. The Balaban J connectivity index is 1.20. The molecule has 2 aliphatic rings. The molecule has 11 heteroatoms. The molecule has 57 heavy (non-hydrogen) atoms. The minimum absolute atomic E-state index is 0.162. The molecule has 1 heterocycles. The van der Waals surface area contributed by atoms with Crippen molar-refractivity contribution in [2.45, 2.75) is 12.4 Å². The van der Waals surface area contributed by atoms with Crippen molar-refractivity contribution in [3.05, 3.63) is 154 Å². The van der Waals surface area contributed by atoms with Crippen LogP contribution in [-0.2, 0) is 12.4 Å². The third-order valence-corrected chi connectivity index (χ3v) is 10.5. The highest BCUT2D eigenvalue weighted by Gasteiger charge is 2.33. The molecule has 9 rings (SSSR count). The van der Waals surface area contributed by atoms with Gasteiger partial charge in [-0.25, -0.2) is 0 Å². The molecule has 0 atom stereocenters. The number of nitrogens with zero attached hydrogens (tertiary/aromatic N) is 4. The molecule has 5 nitrogen and oxygen atoms in total. The summed E-state index contributed by atoms with van der Waals surface area (Å²) in [5, 5.41) is 41.5. The van der Waals surface area contributed by atoms with E-state index in [4.69, 9.17) is 4.42 Å². The first-order valence-electron chi connectivity index (χ1n) is 17.1. The normalized spacial score (nSPS) is 12.6. The van der Waals surface area contributed by atoms with Gasteiger partial charge in [0.1, 0.15) is 46.6 Å². The minimum atomic E-state index is -4.50. The Labute approximate surface area is 319 Å². The third kappa shape index (κ3) is 5.37. The van der Waals surface area contributed by atoms with Crippen LogP contribution in [0.15, 0.2) is 125 Å². The summed E-state index contributed by atoms with van der Waals surface area (Å²) in [6.07, 6.45) is -9.00. The second kappa shape index (κ2) is 12.3. The van der Waals surface area contributed by atoms with Gasteiger partial charge in [0.25, 0.3) is 0 Å². The van der Waals surface area contributed by atoms with E-state index in [9.17, 15) is 47.4 Å². The monoisotopic (exact) mass is 756 g/mol. The largest absolute Gasteiger partial charge is 0.456 e. The lowest BCUT2D eigenvalue weighted by Gasteiger charge is -2.10. The van der Waals surface area contributed by atoms with Crippen LogP contribution in [0.3, 0.4) is 0 Å². The van der Waals surface area contributed by atoms with Gasteiger partial charge < -0.3 is 4.42 Å². The van der Waals surface area contributed by atoms with Crippen LogP contribution in [0.2, 0.25) is 0 Å². The van der Waals surface area contributed by atoms with E-state index in [2.05, 4.69) is 0 Å². The van der Waals surface area contributed by atoms with E-state index in [0.29, 0.717) is 99.8 Å². The van der Waals surface area contributed by atoms with Crippen LogP contribution in [-0.4, -0.2) is 0 Å². The van der Waals surface area contributed by atoms with Gasteiger partial charge in [-0.2, -0.15) is 47.4 Å². The maximum absolute atomic E-state index is 13.3. The molecule has 0 spiro atoms. The molecule has 0 fully saturated rings. The third-order valence-electron chi connectivity index (χ3n) is 10.5. The minimum Gasteiger partial charge on any atom is -0.456 e. The Bertz CT molecular complexity index is 2930. The highest BCUT2D eigenvalue weighted by Crippen LogP contribution is 2.52. The van der Waals surface area contributed by atoms with E-state index >= 15 is 0 Å². The molecule has 7 aromatic rings. The van der Waals surface area contributed by atoms with Gasteiger partial charge in [-0.3, -0.25) is 0 Å². The van der Waals surface area contributed by atoms with Gasteiger partial charge in [-0.15, -0.1) is 0 Å². The Morgan fingerprint density at radius 3 is 1.05 bits per heavy atom. The molecular weight excluding hydrogens is 739 g/mol. The molecule has 0 bridgehead atoms. The Morgan fingerprint density at radius 1 is 0.386 bits per heavy atom. The maximum atomic E-state index is 13.3. The summed E-state index contributed by atoms with van der Waals surface area (Å²) in [5.41, 5.74) is 6.94. The van der Waals surface area contributed by atoms with Crippen molar-refractivity contribution in [3.8, 4) is 68.8 Å². The molecule has 0 N–H and O–H groups in total. The number of alkyl halides is 6. The summed E-state index contributed by atoms with van der Waals surface area (Å²) in [7, 11) is 0. The molecule has 1 aromatic heterocycles. The number of benzene rings is 6. The molecule has 0 radical (unpaired) electrons. The van der Waals surface area contributed by atoms with Crippen LogP contribution < -0.4 is 0 Å². The molecule has 6 aromatic carbocycles.